The first-order valence-electron chi connectivity index (χ1n) is 5.24. The van der Waals surface area contributed by atoms with Crippen LogP contribution in [-0.2, 0) is 6.54 Å². The van der Waals surface area contributed by atoms with Gasteiger partial charge in [-0.1, -0.05) is 12.1 Å². The number of benzene rings is 1. The molecular formula is C12H14FN3S. The molecule has 1 aromatic rings. The van der Waals surface area contributed by atoms with Gasteiger partial charge in [0.1, 0.15) is 5.82 Å². The van der Waals surface area contributed by atoms with Crippen molar-refractivity contribution in [2.45, 2.75) is 13.0 Å². The van der Waals surface area contributed by atoms with Crippen molar-refractivity contribution < 1.29 is 4.39 Å². The topological polar surface area (TPSA) is 39.1 Å². The lowest BCUT2D eigenvalue weighted by molar-refractivity contribution is 0.503. The lowest BCUT2D eigenvalue weighted by atomic mass is 10.2. The van der Waals surface area contributed by atoms with Crippen LogP contribution < -0.4 is 5.32 Å². The summed E-state index contributed by atoms with van der Waals surface area (Å²) in [4.78, 5) is 1.81. The van der Waals surface area contributed by atoms with E-state index in [0.717, 1.165) is 5.56 Å². The Morgan fingerprint density at radius 3 is 2.71 bits per heavy atom. The van der Waals surface area contributed by atoms with Gasteiger partial charge in [0.15, 0.2) is 5.11 Å². The molecule has 0 radical (unpaired) electrons. The molecule has 0 aliphatic heterocycles. The second-order valence-electron chi connectivity index (χ2n) is 3.61. The fourth-order valence-corrected chi connectivity index (χ4v) is 1.40. The molecule has 0 spiro atoms. The predicted molar refractivity (Wildman–Crippen MR) is 68.7 cm³/mol. The van der Waals surface area contributed by atoms with Crippen LogP contribution in [0.5, 0.6) is 0 Å². The van der Waals surface area contributed by atoms with Crippen molar-refractivity contribution in [3.8, 4) is 6.07 Å². The van der Waals surface area contributed by atoms with Crippen LogP contribution in [0, 0.1) is 17.1 Å². The normalized spacial score (nSPS) is 9.47. The van der Waals surface area contributed by atoms with Crippen LogP contribution in [0.15, 0.2) is 24.3 Å². The lowest BCUT2D eigenvalue weighted by Gasteiger charge is -2.19. The molecule has 17 heavy (non-hydrogen) atoms. The van der Waals surface area contributed by atoms with Gasteiger partial charge in [-0.25, -0.2) is 4.39 Å². The third kappa shape index (κ3) is 4.79. The first-order valence-corrected chi connectivity index (χ1v) is 5.64. The summed E-state index contributed by atoms with van der Waals surface area (Å²) in [6, 6.07) is 8.31. The van der Waals surface area contributed by atoms with Gasteiger partial charge in [0.2, 0.25) is 0 Å². The van der Waals surface area contributed by atoms with E-state index in [1.807, 2.05) is 11.9 Å². The second kappa shape index (κ2) is 6.81. The minimum atomic E-state index is -0.248. The van der Waals surface area contributed by atoms with Crippen LogP contribution in [0.25, 0.3) is 0 Å². The SMILES string of the molecule is CN(CCC#N)C(=S)NCc1ccc(F)cc1. The van der Waals surface area contributed by atoms with Crippen molar-refractivity contribution in [1.29, 1.82) is 5.26 Å². The van der Waals surface area contributed by atoms with E-state index in [-0.39, 0.29) is 5.82 Å². The quantitative estimate of drug-likeness (QED) is 0.831. The van der Waals surface area contributed by atoms with Gasteiger partial charge in [-0.3, -0.25) is 0 Å². The molecule has 90 valence electrons. The summed E-state index contributed by atoms with van der Waals surface area (Å²) in [5, 5.41) is 12.1. The summed E-state index contributed by atoms with van der Waals surface area (Å²) in [5.74, 6) is -0.248. The zero-order chi connectivity index (χ0) is 12.7. The zero-order valence-corrected chi connectivity index (χ0v) is 10.4. The summed E-state index contributed by atoms with van der Waals surface area (Å²) in [6.07, 6.45) is 0.439. The van der Waals surface area contributed by atoms with Crippen LogP contribution in [-0.4, -0.2) is 23.6 Å². The largest absolute Gasteiger partial charge is 0.358 e. The average Bonchev–Trinajstić information content (AvgIpc) is 2.34. The Morgan fingerprint density at radius 2 is 2.12 bits per heavy atom. The number of halogens is 1. The molecule has 0 saturated heterocycles. The van der Waals surface area contributed by atoms with Crippen molar-refractivity contribution in [3.63, 3.8) is 0 Å². The molecule has 1 aromatic carbocycles. The molecule has 1 rings (SSSR count). The molecule has 0 amide bonds. The zero-order valence-electron chi connectivity index (χ0n) is 9.61. The number of nitriles is 1. The van der Waals surface area contributed by atoms with Crippen LogP contribution in [0.3, 0.4) is 0 Å². The van der Waals surface area contributed by atoms with Crippen LogP contribution in [0.4, 0.5) is 4.39 Å². The number of nitrogens with one attached hydrogen (secondary N) is 1. The van der Waals surface area contributed by atoms with Gasteiger partial charge in [0.25, 0.3) is 0 Å². The van der Waals surface area contributed by atoms with E-state index in [2.05, 4.69) is 11.4 Å². The molecule has 0 saturated carbocycles. The Hall–Kier alpha value is -1.67. The van der Waals surface area contributed by atoms with Gasteiger partial charge >= 0.3 is 0 Å². The van der Waals surface area contributed by atoms with E-state index in [1.165, 1.54) is 12.1 Å². The van der Waals surface area contributed by atoms with E-state index < -0.39 is 0 Å². The number of nitrogens with zero attached hydrogens (tertiary/aromatic N) is 2. The first kappa shape index (κ1) is 13.4. The van der Waals surface area contributed by atoms with E-state index in [9.17, 15) is 4.39 Å². The molecule has 0 bridgehead atoms. The molecule has 0 atom stereocenters. The molecule has 5 heteroatoms. The summed E-state index contributed by atoms with van der Waals surface area (Å²) in [6.45, 7) is 1.15. The highest BCUT2D eigenvalue weighted by Gasteiger charge is 2.03. The molecule has 1 N–H and O–H groups in total. The van der Waals surface area contributed by atoms with Crippen molar-refractivity contribution in [3.05, 3.63) is 35.6 Å². The Kier molecular flexibility index (Phi) is 5.37. The molecule has 0 unspecified atom stereocenters. The highest BCUT2D eigenvalue weighted by Crippen LogP contribution is 2.02. The summed E-state index contributed by atoms with van der Waals surface area (Å²) < 4.78 is 12.7. The third-order valence-electron chi connectivity index (χ3n) is 2.26. The lowest BCUT2D eigenvalue weighted by Crippen LogP contribution is -2.37. The molecule has 0 heterocycles. The van der Waals surface area contributed by atoms with Gasteiger partial charge in [-0.15, -0.1) is 0 Å². The molecule has 0 aromatic heterocycles. The van der Waals surface area contributed by atoms with Crippen molar-refractivity contribution in [2.24, 2.45) is 0 Å². The van der Waals surface area contributed by atoms with E-state index in [0.29, 0.717) is 24.6 Å². The van der Waals surface area contributed by atoms with Gasteiger partial charge in [0, 0.05) is 20.1 Å². The minimum absolute atomic E-state index is 0.248. The highest BCUT2D eigenvalue weighted by atomic mass is 32.1. The molecule has 0 fully saturated rings. The van der Waals surface area contributed by atoms with Crippen LogP contribution in [0.1, 0.15) is 12.0 Å². The fraction of sp³-hybridized carbons (Fsp3) is 0.333. The fourth-order valence-electron chi connectivity index (χ4n) is 1.23. The Morgan fingerprint density at radius 1 is 1.47 bits per heavy atom. The Labute approximate surface area is 106 Å². The van der Waals surface area contributed by atoms with Gasteiger partial charge < -0.3 is 10.2 Å². The molecular weight excluding hydrogens is 237 g/mol. The summed E-state index contributed by atoms with van der Waals surface area (Å²) in [5.41, 5.74) is 0.961. The minimum Gasteiger partial charge on any atom is -0.358 e. The Bertz CT molecular complexity index is 411. The maximum atomic E-state index is 12.7. The van der Waals surface area contributed by atoms with Gasteiger partial charge in [-0.2, -0.15) is 5.26 Å². The van der Waals surface area contributed by atoms with Crippen molar-refractivity contribution in [2.75, 3.05) is 13.6 Å². The number of thiocarbonyl (C=S) groups is 1. The third-order valence-corrected chi connectivity index (χ3v) is 2.72. The van der Waals surface area contributed by atoms with Crippen molar-refractivity contribution >= 4 is 17.3 Å². The van der Waals surface area contributed by atoms with Gasteiger partial charge in [-0.05, 0) is 29.9 Å². The van der Waals surface area contributed by atoms with E-state index in [4.69, 9.17) is 17.5 Å². The van der Waals surface area contributed by atoms with Crippen molar-refractivity contribution in [1.82, 2.24) is 10.2 Å². The first-order chi connectivity index (χ1) is 8.13. The monoisotopic (exact) mass is 251 g/mol. The summed E-state index contributed by atoms with van der Waals surface area (Å²) in [7, 11) is 1.83. The predicted octanol–water partition coefficient (Wildman–Crippen LogP) is 2.05. The maximum absolute atomic E-state index is 12.7. The average molecular weight is 251 g/mol. The van der Waals surface area contributed by atoms with E-state index in [1.54, 1.807) is 12.1 Å². The Balaban J connectivity index is 2.37. The molecule has 0 aliphatic carbocycles. The number of hydrogen-bond acceptors (Lipinski definition) is 2. The van der Waals surface area contributed by atoms with Crippen LogP contribution >= 0.6 is 12.2 Å². The second-order valence-corrected chi connectivity index (χ2v) is 4.00. The number of rotatable bonds is 4. The standard InChI is InChI=1S/C12H14FN3S/c1-16(8-2-7-14)12(17)15-9-10-3-5-11(13)6-4-10/h3-6H,2,8-9H2,1H3,(H,15,17). The smallest absolute Gasteiger partial charge is 0.168 e. The summed E-state index contributed by atoms with van der Waals surface area (Å²) >= 11 is 5.15. The maximum Gasteiger partial charge on any atom is 0.168 e. The molecule has 3 nitrogen and oxygen atoms in total. The van der Waals surface area contributed by atoms with E-state index >= 15 is 0 Å². The van der Waals surface area contributed by atoms with Gasteiger partial charge in [0.05, 0.1) is 12.5 Å². The number of hydrogen-bond donors (Lipinski definition) is 1. The van der Waals surface area contributed by atoms with Crippen LogP contribution in [0.2, 0.25) is 0 Å². The molecule has 0 aliphatic rings. The highest BCUT2D eigenvalue weighted by molar-refractivity contribution is 7.80.